The SMILES string of the molecule is O=C1N=C(S(=O)(=O)O)N=C1C(c1ccccc1)C(F)(F)F. The van der Waals surface area contributed by atoms with Crippen LogP contribution >= 0.6 is 0 Å². The van der Waals surface area contributed by atoms with Gasteiger partial charge in [-0.05, 0) is 5.56 Å². The van der Waals surface area contributed by atoms with E-state index >= 15 is 0 Å². The van der Waals surface area contributed by atoms with Gasteiger partial charge in [-0.3, -0.25) is 9.35 Å². The molecule has 1 atom stereocenters. The van der Waals surface area contributed by atoms with Gasteiger partial charge in [0.05, 0.1) is 0 Å². The number of nitrogens with zero attached hydrogens (tertiary/aromatic N) is 2. The smallest absolute Gasteiger partial charge is 0.279 e. The summed E-state index contributed by atoms with van der Waals surface area (Å²) in [5.74, 6) is -3.87. The molecule has 0 bridgehead atoms. The zero-order chi connectivity index (χ0) is 15.8. The number of hydrogen-bond acceptors (Lipinski definition) is 4. The number of amides is 1. The Kier molecular flexibility index (Phi) is 3.68. The Morgan fingerprint density at radius 1 is 1.10 bits per heavy atom. The first-order valence-electron chi connectivity index (χ1n) is 5.41. The van der Waals surface area contributed by atoms with Crippen LogP contribution in [0.3, 0.4) is 0 Å². The maximum absolute atomic E-state index is 13.2. The van der Waals surface area contributed by atoms with Crippen LogP contribution in [0.2, 0.25) is 0 Å². The van der Waals surface area contributed by atoms with E-state index in [0.29, 0.717) is 0 Å². The first kappa shape index (κ1) is 15.3. The molecule has 10 heteroatoms. The molecule has 0 saturated carbocycles. The Hall–Kier alpha value is -2.07. The number of benzene rings is 1. The lowest BCUT2D eigenvalue weighted by Gasteiger charge is -2.19. The maximum atomic E-state index is 13.2. The number of carbonyl (C=O) groups excluding carboxylic acids is 1. The van der Waals surface area contributed by atoms with Crippen molar-refractivity contribution in [2.24, 2.45) is 9.98 Å². The predicted molar refractivity (Wildman–Crippen MR) is 66.7 cm³/mol. The summed E-state index contributed by atoms with van der Waals surface area (Å²) in [5.41, 5.74) is -1.38. The van der Waals surface area contributed by atoms with Crippen LogP contribution in [0.4, 0.5) is 13.2 Å². The van der Waals surface area contributed by atoms with Crippen LogP contribution in [0, 0.1) is 0 Å². The minimum Gasteiger partial charge on any atom is -0.279 e. The highest BCUT2D eigenvalue weighted by Gasteiger charge is 2.48. The molecule has 1 aliphatic rings. The van der Waals surface area contributed by atoms with Crippen molar-refractivity contribution < 1.29 is 30.9 Å². The lowest BCUT2D eigenvalue weighted by atomic mass is 9.93. The van der Waals surface area contributed by atoms with Gasteiger partial charge in [-0.1, -0.05) is 30.3 Å². The fourth-order valence-electron chi connectivity index (χ4n) is 1.77. The molecular weight excluding hydrogens is 313 g/mol. The Bertz CT molecular complexity index is 738. The van der Waals surface area contributed by atoms with Gasteiger partial charge in [-0.2, -0.15) is 26.6 Å². The van der Waals surface area contributed by atoms with Gasteiger partial charge in [0.15, 0.2) is 0 Å². The highest BCUT2D eigenvalue weighted by molar-refractivity contribution is 8.01. The molecule has 0 saturated heterocycles. The van der Waals surface area contributed by atoms with E-state index in [-0.39, 0.29) is 5.56 Å². The van der Waals surface area contributed by atoms with Crippen LogP contribution in [0.15, 0.2) is 40.3 Å². The zero-order valence-electron chi connectivity index (χ0n) is 10.1. The van der Waals surface area contributed by atoms with E-state index in [1.165, 1.54) is 18.2 Å². The Morgan fingerprint density at radius 3 is 2.10 bits per heavy atom. The molecule has 112 valence electrons. The second-order valence-corrected chi connectivity index (χ2v) is 5.37. The third-order valence-electron chi connectivity index (χ3n) is 2.60. The molecule has 1 amide bonds. The lowest BCUT2D eigenvalue weighted by Crippen LogP contribution is -2.31. The van der Waals surface area contributed by atoms with Gasteiger partial charge in [0.2, 0.25) is 0 Å². The monoisotopic (exact) mass is 320 g/mol. The van der Waals surface area contributed by atoms with Crippen LogP contribution in [-0.2, 0) is 14.9 Å². The van der Waals surface area contributed by atoms with Crippen molar-refractivity contribution in [2.45, 2.75) is 12.1 Å². The molecule has 0 fully saturated rings. The fourth-order valence-corrected chi connectivity index (χ4v) is 2.18. The van der Waals surface area contributed by atoms with Crippen LogP contribution < -0.4 is 0 Å². The van der Waals surface area contributed by atoms with E-state index in [1.54, 1.807) is 0 Å². The molecule has 0 spiro atoms. The van der Waals surface area contributed by atoms with Gasteiger partial charge >= 0.3 is 16.3 Å². The van der Waals surface area contributed by atoms with E-state index in [9.17, 15) is 26.4 Å². The average molecular weight is 320 g/mol. The van der Waals surface area contributed by atoms with Gasteiger partial charge in [-0.25, -0.2) is 4.99 Å². The van der Waals surface area contributed by atoms with Crippen molar-refractivity contribution in [1.82, 2.24) is 0 Å². The Morgan fingerprint density at radius 2 is 1.67 bits per heavy atom. The minimum atomic E-state index is -4.96. The lowest BCUT2D eigenvalue weighted by molar-refractivity contribution is -0.137. The van der Waals surface area contributed by atoms with Gasteiger partial charge in [0.1, 0.15) is 11.6 Å². The molecule has 1 unspecified atom stereocenters. The molecule has 1 aliphatic heterocycles. The number of alkyl halides is 3. The first-order chi connectivity index (χ1) is 9.60. The van der Waals surface area contributed by atoms with Crippen molar-refractivity contribution in [3.05, 3.63) is 35.9 Å². The predicted octanol–water partition coefficient (Wildman–Crippen LogP) is 1.56. The standard InChI is InChI=1S/C11H7F3N2O4S/c12-11(13,14)7(6-4-2-1-3-5-6)8-9(17)16-10(15-8)21(18,19)20/h1-5,7H,(H,18,19,20). The topological polar surface area (TPSA) is 96.2 Å². The summed E-state index contributed by atoms with van der Waals surface area (Å²) in [6.07, 6.45) is -4.87. The molecule has 1 heterocycles. The van der Waals surface area contributed by atoms with Crippen molar-refractivity contribution in [3.63, 3.8) is 0 Å². The van der Waals surface area contributed by atoms with Crippen LogP contribution in [-0.4, -0.2) is 35.9 Å². The summed E-state index contributed by atoms with van der Waals surface area (Å²) in [6, 6.07) is 6.39. The highest BCUT2D eigenvalue weighted by atomic mass is 32.2. The van der Waals surface area contributed by atoms with Crippen molar-refractivity contribution >= 4 is 26.9 Å². The second kappa shape index (κ2) is 5.04. The number of rotatable bonds is 2. The fraction of sp³-hybridized carbons (Fsp3) is 0.182. The molecule has 1 aromatic rings. The largest absolute Gasteiger partial charge is 0.401 e. The number of aliphatic imine (C=N–C) groups is 2. The summed E-state index contributed by atoms with van der Waals surface area (Å²) in [6.45, 7) is 0. The van der Waals surface area contributed by atoms with Crippen molar-refractivity contribution in [2.75, 3.05) is 0 Å². The van der Waals surface area contributed by atoms with Crippen molar-refractivity contribution in [3.8, 4) is 0 Å². The van der Waals surface area contributed by atoms with Gasteiger partial charge in [0.25, 0.3) is 11.1 Å². The first-order valence-corrected chi connectivity index (χ1v) is 6.85. The van der Waals surface area contributed by atoms with E-state index in [1.807, 2.05) is 0 Å². The maximum Gasteiger partial charge on any atom is 0.401 e. The summed E-state index contributed by atoms with van der Waals surface area (Å²) < 4.78 is 69.8. The molecule has 0 radical (unpaired) electrons. The molecular formula is C11H7F3N2O4S. The summed E-state index contributed by atoms with van der Waals surface area (Å²) in [7, 11) is -4.96. The highest BCUT2D eigenvalue weighted by Crippen LogP contribution is 2.37. The molecule has 2 rings (SSSR count). The molecule has 21 heavy (non-hydrogen) atoms. The van der Waals surface area contributed by atoms with E-state index in [4.69, 9.17) is 4.55 Å². The van der Waals surface area contributed by atoms with Crippen LogP contribution in [0.1, 0.15) is 11.5 Å². The third kappa shape index (κ3) is 3.16. The van der Waals surface area contributed by atoms with E-state index < -0.39 is 39.0 Å². The van der Waals surface area contributed by atoms with Gasteiger partial charge in [0, 0.05) is 0 Å². The molecule has 0 aromatic heterocycles. The van der Waals surface area contributed by atoms with Crippen molar-refractivity contribution in [1.29, 1.82) is 0 Å². The molecule has 1 N–H and O–H groups in total. The minimum absolute atomic E-state index is 0.288. The van der Waals surface area contributed by atoms with Crippen LogP contribution in [0.25, 0.3) is 0 Å². The summed E-state index contributed by atoms with van der Waals surface area (Å²) >= 11 is 0. The summed E-state index contributed by atoms with van der Waals surface area (Å²) in [4.78, 5) is 17.4. The zero-order valence-corrected chi connectivity index (χ0v) is 10.9. The Labute approximate surface area is 116 Å². The molecule has 0 aliphatic carbocycles. The Balaban J connectivity index is 2.54. The quantitative estimate of drug-likeness (QED) is 0.836. The van der Waals surface area contributed by atoms with Crippen LogP contribution in [0.5, 0.6) is 0 Å². The number of hydrogen-bond donors (Lipinski definition) is 1. The van der Waals surface area contributed by atoms with Gasteiger partial charge in [-0.15, -0.1) is 0 Å². The van der Waals surface area contributed by atoms with Gasteiger partial charge < -0.3 is 0 Å². The summed E-state index contributed by atoms with van der Waals surface area (Å²) in [5, 5.41) is -1.34. The second-order valence-electron chi connectivity index (χ2n) is 4.06. The van der Waals surface area contributed by atoms with E-state index in [0.717, 1.165) is 12.1 Å². The number of amidine groups is 1. The molecule has 6 nitrogen and oxygen atoms in total. The number of halogens is 3. The normalized spacial score (nSPS) is 17.4. The number of carbonyl (C=O) groups is 1. The third-order valence-corrected chi connectivity index (χ3v) is 3.24. The average Bonchev–Trinajstić information content (AvgIpc) is 2.71. The molecule has 1 aromatic carbocycles. The van der Waals surface area contributed by atoms with E-state index in [2.05, 4.69) is 9.98 Å².